The van der Waals surface area contributed by atoms with E-state index in [1.165, 1.54) is 9.18 Å². The van der Waals surface area contributed by atoms with Crippen molar-refractivity contribution in [3.05, 3.63) is 35.0 Å². The van der Waals surface area contributed by atoms with Gasteiger partial charge in [0.15, 0.2) is 0 Å². The predicted molar refractivity (Wildman–Crippen MR) is 96.1 cm³/mol. The summed E-state index contributed by atoms with van der Waals surface area (Å²) in [5.74, 6) is 0.342. The molecule has 2 aromatic rings. The average Bonchev–Trinajstić information content (AvgIpc) is 3.17. The second-order valence-electron chi connectivity index (χ2n) is 6.33. The van der Waals surface area contributed by atoms with Gasteiger partial charge in [0.05, 0.1) is 5.69 Å². The molecule has 0 spiro atoms. The molecule has 1 saturated heterocycles. The van der Waals surface area contributed by atoms with Crippen LogP contribution in [0.1, 0.15) is 16.9 Å². The highest BCUT2D eigenvalue weighted by molar-refractivity contribution is 7.86. The van der Waals surface area contributed by atoms with Crippen molar-refractivity contribution >= 4 is 21.5 Å². The normalized spacial score (nSPS) is 19.2. The molecule has 0 aliphatic carbocycles. The Morgan fingerprint density at radius 3 is 2.67 bits per heavy atom. The largest absolute Gasteiger partial charge is 0.281 e. The van der Waals surface area contributed by atoms with E-state index in [1.54, 1.807) is 29.7 Å². The number of pyridine rings is 1. The van der Waals surface area contributed by atoms with Crippen molar-refractivity contribution in [1.82, 2.24) is 18.6 Å². The molecule has 0 bridgehead atoms. The Hall–Kier alpha value is -1.35. The van der Waals surface area contributed by atoms with Crippen LogP contribution in [0.5, 0.6) is 0 Å². The molecule has 0 unspecified atom stereocenters. The second-order valence-corrected chi connectivity index (χ2v) is 9.71. The third-order valence-corrected chi connectivity index (χ3v) is 7.07. The highest BCUT2D eigenvalue weighted by Gasteiger charge is 2.32. The molecule has 0 amide bonds. The summed E-state index contributed by atoms with van der Waals surface area (Å²) in [4.78, 5) is 10.0. The highest BCUT2D eigenvalue weighted by atomic mass is 32.2. The Labute approximate surface area is 147 Å². The van der Waals surface area contributed by atoms with Crippen LogP contribution in [-0.2, 0) is 16.6 Å². The molecular weight excluding hydrogens is 344 g/mol. The molecule has 0 aromatic carbocycles. The number of nitrogens with zero attached hydrogens (tertiary/aromatic N) is 4. The maximum absolute atomic E-state index is 12.2. The molecule has 1 atom stereocenters. The zero-order valence-electron chi connectivity index (χ0n) is 14.1. The summed E-state index contributed by atoms with van der Waals surface area (Å²) in [6, 6.07) is 4.07. The monoisotopic (exact) mass is 366 g/mol. The molecule has 2 aromatic heterocycles. The Balaban J connectivity index is 1.63. The Morgan fingerprint density at radius 2 is 2.08 bits per heavy atom. The van der Waals surface area contributed by atoms with Gasteiger partial charge in [-0.1, -0.05) is 6.07 Å². The third kappa shape index (κ3) is 3.66. The average molecular weight is 367 g/mol. The first-order valence-electron chi connectivity index (χ1n) is 7.91. The molecule has 24 heavy (non-hydrogen) atoms. The summed E-state index contributed by atoms with van der Waals surface area (Å²) >= 11 is 1.63. The number of hydrogen-bond acceptors (Lipinski definition) is 5. The van der Waals surface area contributed by atoms with Gasteiger partial charge < -0.3 is 0 Å². The minimum atomic E-state index is -3.30. The maximum Gasteiger partial charge on any atom is 0.281 e. The van der Waals surface area contributed by atoms with Gasteiger partial charge in [-0.15, -0.1) is 11.3 Å². The molecule has 1 aliphatic rings. The van der Waals surface area contributed by atoms with Gasteiger partial charge in [0.1, 0.15) is 5.01 Å². The topological polar surface area (TPSA) is 66.4 Å². The van der Waals surface area contributed by atoms with Gasteiger partial charge >= 0.3 is 0 Å². The van der Waals surface area contributed by atoms with Crippen LogP contribution in [0.25, 0.3) is 10.7 Å². The van der Waals surface area contributed by atoms with Crippen LogP contribution in [0, 0.1) is 12.8 Å². The van der Waals surface area contributed by atoms with Gasteiger partial charge in [-0.05, 0) is 37.3 Å². The summed E-state index contributed by atoms with van der Waals surface area (Å²) in [5.41, 5.74) is 2.03. The molecule has 1 fully saturated rings. The molecule has 0 saturated carbocycles. The van der Waals surface area contributed by atoms with Gasteiger partial charge in [0.25, 0.3) is 10.2 Å². The first kappa shape index (κ1) is 17.5. The second kappa shape index (κ2) is 6.87. The number of thiazole rings is 1. The lowest BCUT2D eigenvalue weighted by atomic mass is 10.00. The quantitative estimate of drug-likeness (QED) is 0.813. The number of hydrogen-bond donors (Lipinski definition) is 0. The van der Waals surface area contributed by atoms with Crippen LogP contribution in [0.4, 0.5) is 0 Å². The molecular formula is C16H22N4O2S2. The first-order valence-corrected chi connectivity index (χ1v) is 10.1. The van der Waals surface area contributed by atoms with E-state index in [0.717, 1.165) is 29.1 Å². The van der Waals surface area contributed by atoms with Crippen molar-refractivity contribution in [2.75, 3.05) is 27.2 Å². The predicted octanol–water partition coefficient (Wildman–Crippen LogP) is 2.18. The van der Waals surface area contributed by atoms with Gasteiger partial charge in [-0.25, -0.2) is 4.98 Å². The van der Waals surface area contributed by atoms with E-state index in [0.29, 0.717) is 19.0 Å². The van der Waals surface area contributed by atoms with Crippen LogP contribution in [0.3, 0.4) is 0 Å². The summed E-state index contributed by atoms with van der Waals surface area (Å²) in [6.45, 7) is 3.20. The zero-order valence-corrected chi connectivity index (χ0v) is 15.8. The van der Waals surface area contributed by atoms with Crippen LogP contribution in [0.15, 0.2) is 24.5 Å². The van der Waals surface area contributed by atoms with Crippen LogP contribution >= 0.6 is 11.3 Å². The number of rotatable bonds is 5. The van der Waals surface area contributed by atoms with Crippen molar-refractivity contribution in [3.63, 3.8) is 0 Å². The third-order valence-electron chi connectivity index (χ3n) is 4.23. The summed E-state index contributed by atoms with van der Waals surface area (Å²) in [5, 5.41) is 0.933. The van der Waals surface area contributed by atoms with Crippen LogP contribution in [-0.4, -0.2) is 54.2 Å². The smallest absolute Gasteiger partial charge is 0.253 e. The molecule has 0 N–H and O–H groups in total. The molecule has 0 radical (unpaired) electrons. The molecule has 3 rings (SSSR count). The minimum absolute atomic E-state index is 0.342. The van der Waals surface area contributed by atoms with Gasteiger partial charge in [-0.3, -0.25) is 4.98 Å². The minimum Gasteiger partial charge on any atom is -0.253 e. The van der Waals surface area contributed by atoms with E-state index in [9.17, 15) is 8.42 Å². The Kier molecular flexibility index (Phi) is 5.00. The van der Waals surface area contributed by atoms with Gasteiger partial charge in [0, 0.05) is 44.5 Å². The van der Waals surface area contributed by atoms with E-state index in [4.69, 9.17) is 0 Å². The SMILES string of the molecule is Cc1cnc(-c2ccc(C[C@@H]3CCN(S(=O)(=O)N(C)C)C3)cn2)s1. The Morgan fingerprint density at radius 1 is 1.29 bits per heavy atom. The van der Waals surface area contributed by atoms with E-state index >= 15 is 0 Å². The Bertz CT molecular complexity index is 800. The lowest BCUT2D eigenvalue weighted by Gasteiger charge is -2.20. The van der Waals surface area contributed by atoms with E-state index in [2.05, 4.69) is 16.0 Å². The summed E-state index contributed by atoms with van der Waals surface area (Å²) in [6.07, 6.45) is 5.48. The lowest BCUT2D eigenvalue weighted by Crippen LogP contribution is -2.38. The summed E-state index contributed by atoms with van der Waals surface area (Å²) < 4.78 is 27.2. The first-order chi connectivity index (χ1) is 11.4. The fraction of sp³-hybridized carbons (Fsp3) is 0.500. The van der Waals surface area contributed by atoms with Crippen molar-refractivity contribution in [2.24, 2.45) is 5.92 Å². The molecule has 6 nitrogen and oxygen atoms in total. The molecule has 1 aliphatic heterocycles. The van der Waals surface area contributed by atoms with Gasteiger partial charge in [0.2, 0.25) is 0 Å². The number of aromatic nitrogens is 2. The maximum atomic E-state index is 12.2. The van der Waals surface area contributed by atoms with Crippen molar-refractivity contribution in [3.8, 4) is 10.7 Å². The fourth-order valence-corrected chi connectivity index (χ4v) is 4.82. The van der Waals surface area contributed by atoms with E-state index < -0.39 is 10.2 Å². The van der Waals surface area contributed by atoms with E-state index in [1.807, 2.05) is 25.4 Å². The fourth-order valence-electron chi connectivity index (χ4n) is 2.88. The molecule has 130 valence electrons. The van der Waals surface area contributed by atoms with Crippen molar-refractivity contribution < 1.29 is 8.42 Å². The van der Waals surface area contributed by atoms with Crippen LogP contribution < -0.4 is 0 Å². The van der Waals surface area contributed by atoms with Gasteiger partial charge in [-0.2, -0.15) is 17.0 Å². The van der Waals surface area contributed by atoms with Crippen LogP contribution in [0.2, 0.25) is 0 Å². The molecule has 3 heterocycles. The summed E-state index contributed by atoms with van der Waals surface area (Å²) in [7, 11) is -0.148. The van der Waals surface area contributed by atoms with Crippen molar-refractivity contribution in [2.45, 2.75) is 19.8 Å². The zero-order chi connectivity index (χ0) is 17.3. The lowest BCUT2D eigenvalue weighted by molar-refractivity contribution is 0.409. The van der Waals surface area contributed by atoms with Crippen molar-refractivity contribution in [1.29, 1.82) is 0 Å². The number of aryl methyl sites for hydroxylation is 1. The molecule has 8 heteroatoms. The van der Waals surface area contributed by atoms with E-state index in [-0.39, 0.29) is 0 Å². The standard InChI is InChI=1S/C16H22N4O2S2/c1-12-9-18-16(23-12)15-5-4-13(10-17-15)8-14-6-7-20(11-14)24(21,22)19(2)3/h4-5,9-10,14H,6-8,11H2,1-3H3/t14-/m0/s1. The highest BCUT2D eigenvalue weighted by Crippen LogP contribution is 2.26.